The zero-order valence-electron chi connectivity index (χ0n) is 24.7. The van der Waals surface area contributed by atoms with E-state index in [4.69, 9.17) is 23.2 Å². The molecule has 13 heteroatoms. The smallest absolute Gasteiger partial charge is 0.354 e. The summed E-state index contributed by atoms with van der Waals surface area (Å²) in [7, 11) is -4.56. The average molecular weight is 673 g/mol. The lowest BCUT2D eigenvalue weighted by Gasteiger charge is -2.33. The summed E-state index contributed by atoms with van der Waals surface area (Å²) < 4.78 is 69.5. The molecule has 3 aromatic rings. The van der Waals surface area contributed by atoms with E-state index in [1.807, 2.05) is 13.8 Å². The van der Waals surface area contributed by atoms with Crippen LogP contribution in [0.2, 0.25) is 10.0 Å². The van der Waals surface area contributed by atoms with Crippen molar-refractivity contribution in [2.75, 3.05) is 17.4 Å². The summed E-state index contributed by atoms with van der Waals surface area (Å²) in [5.41, 5.74) is -0.384. The van der Waals surface area contributed by atoms with E-state index in [9.17, 15) is 31.2 Å². The normalized spacial score (nSPS) is 12.6. The van der Waals surface area contributed by atoms with Gasteiger partial charge in [0.05, 0.1) is 16.1 Å². The number of benzene rings is 3. The number of halogens is 5. The third-order valence-corrected chi connectivity index (χ3v) is 9.31. The molecule has 0 radical (unpaired) electrons. The Morgan fingerprint density at radius 2 is 1.55 bits per heavy atom. The number of hydrogen-bond acceptors (Lipinski definition) is 4. The van der Waals surface area contributed by atoms with Crippen LogP contribution in [0.4, 0.5) is 18.9 Å². The van der Waals surface area contributed by atoms with Crippen molar-refractivity contribution >= 4 is 50.7 Å². The van der Waals surface area contributed by atoms with E-state index in [0.29, 0.717) is 22.5 Å². The van der Waals surface area contributed by atoms with Crippen LogP contribution >= 0.6 is 23.2 Å². The molecule has 2 amide bonds. The number of rotatable bonds is 12. The molecule has 0 saturated heterocycles. The van der Waals surface area contributed by atoms with Crippen LogP contribution in [0.25, 0.3) is 0 Å². The molecule has 7 nitrogen and oxygen atoms in total. The lowest BCUT2D eigenvalue weighted by Crippen LogP contribution is -2.52. The lowest BCUT2D eigenvalue weighted by atomic mass is 10.1. The minimum atomic E-state index is -4.77. The number of anilines is 1. The second-order valence-electron chi connectivity index (χ2n) is 10.7. The van der Waals surface area contributed by atoms with Crippen molar-refractivity contribution in [2.45, 2.75) is 57.8 Å². The summed E-state index contributed by atoms with van der Waals surface area (Å²) >= 11 is 12.8. The first-order chi connectivity index (χ1) is 20.6. The van der Waals surface area contributed by atoms with Crippen LogP contribution in [-0.2, 0) is 32.3 Å². The second kappa shape index (κ2) is 14.7. The predicted octanol–water partition coefficient (Wildman–Crippen LogP) is 7.10. The van der Waals surface area contributed by atoms with E-state index in [1.165, 1.54) is 30.3 Å². The van der Waals surface area contributed by atoms with Gasteiger partial charge in [-0.2, -0.15) is 13.2 Å². The summed E-state index contributed by atoms with van der Waals surface area (Å²) in [5.74, 6) is -1.22. The van der Waals surface area contributed by atoms with Gasteiger partial charge in [0, 0.05) is 28.7 Å². The summed E-state index contributed by atoms with van der Waals surface area (Å²) in [6.45, 7) is 6.38. The molecule has 3 aromatic carbocycles. The molecule has 1 atom stereocenters. The Morgan fingerprint density at radius 1 is 0.955 bits per heavy atom. The van der Waals surface area contributed by atoms with Gasteiger partial charge in [0.15, 0.2) is 0 Å². The number of carbonyl (C=O) groups excluding carboxylic acids is 2. The molecule has 0 aliphatic rings. The zero-order valence-corrected chi connectivity index (χ0v) is 27.0. The van der Waals surface area contributed by atoms with Crippen molar-refractivity contribution in [1.82, 2.24) is 10.2 Å². The van der Waals surface area contributed by atoms with Crippen molar-refractivity contribution in [1.29, 1.82) is 0 Å². The third kappa shape index (κ3) is 8.67. The zero-order chi connectivity index (χ0) is 32.8. The number of alkyl halides is 3. The number of carbonyl (C=O) groups is 2. The molecule has 0 fully saturated rings. The van der Waals surface area contributed by atoms with Crippen molar-refractivity contribution in [3.8, 4) is 0 Å². The Kier molecular flexibility index (Phi) is 11.7. The maximum Gasteiger partial charge on any atom is 0.416 e. The highest BCUT2D eigenvalue weighted by molar-refractivity contribution is 7.92. The van der Waals surface area contributed by atoms with Crippen LogP contribution in [0.5, 0.6) is 0 Å². The second-order valence-corrected chi connectivity index (χ2v) is 13.3. The molecule has 1 N–H and O–H groups in total. The number of amides is 2. The van der Waals surface area contributed by atoms with E-state index in [0.717, 1.165) is 22.6 Å². The van der Waals surface area contributed by atoms with Crippen LogP contribution in [0.3, 0.4) is 0 Å². The SMILES string of the molecule is CC[C@H](C(=O)NCC(C)C)N(Cc1c(Cl)cccc1Cl)C(=O)CN(c1cccc(C(F)(F)F)c1)S(=O)(=O)c1ccc(C)cc1. The molecule has 0 saturated carbocycles. The molecule has 0 spiro atoms. The van der Waals surface area contributed by atoms with Crippen molar-refractivity contribution < 1.29 is 31.2 Å². The van der Waals surface area contributed by atoms with Crippen LogP contribution in [-0.4, -0.2) is 44.3 Å². The minimum Gasteiger partial charge on any atom is -0.354 e. The van der Waals surface area contributed by atoms with E-state index in [-0.39, 0.29) is 39.5 Å². The van der Waals surface area contributed by atoms with Gasteiger partial charge in [-0.15, -0.1) is 0 Å². The molecule has 3 rings (SSSR count). The molecule has 44 heavy (non-hydrogen) atoms. The maximum atomic E-state index is 14.1. The van der Waals surface area contributed by atoms with Gasteiger partial charge in [-0.3, -0.25) is 13.9 Å². The highest BCUT2D eigenvalue weighted by atomic mass is 35.5. The van der Waals surface area contributed by atoms with Gasteiger partial charge in [0.1, 0.15) is 12.6 Å². The minimum absolute atomic E-state index is 0.106. The standard InChI is InChI=1S/C31H34Cl2F3N3O4S/c1-5-28(30(41)37-17-20(2)3)38(18-25-26(32)10-7-11-27(25)33)29(40)19-39(23-9-6-8-22(16-23)31(34,35)36)44(42,43)24-14-12-21(4)13-15-24/h6-16,20,28H,5,17-19H2,1-4H3,(H,37,41)/t28-/m1/s1. The van der Waals surface area contributed by atoms with Crippen LogP contribution in [0.1, 0.15) is 43.9 Å². The first-order valence-electron chi connectivity index (χ1n) is 13.8. The highest BCUT2D eigenvalue weighted by Crippen LogP contribution is 2.34. The van der Waals surface area contributed by atoms with Gasteiger partial charge in [0.2, 0.25) is 11.8 Å². The van der Waals surface area contributed by atoms with Crippen molar-refractivity contribution in [3.05, 3.63) is 93.5 Å². The van der Waals surface area contributed by atoms with E-state index in [2.05, 4.69) is 5.32 Å². The fourth-order valence-corrected chi connectivity index (χ4v) is 6.32. The Labute approximate surface area is 266 Å². The molecule has 0 heterocycles. The molecule has 0 unspecified atom stereocenters. The van der Waals surface area contributed by atoms with Gasteiger partial charge in [-0.25, -0.2) is 8.42 Å². The summed E-state index contributed by atoms with van der Waals surface area (Å²) in [6.07, 6.45) is -4.63. The van der Waals surface area contributed by atoms with Crippen LogP contribution in [0, 0.1) is 12.8 Å². The van der Waals surface area contributed by atoms with Crippen LogP contribution in [0.15, 0.2) is 71.6 Å². The maximum absolute atomic E-state index is 14.1. The largest absolute Gasteiger partial charge is 0.416 e. The predicted molar refractivity (Wildman–Crippen MR) is 166 cm³/mol. The van der Waals surface area contributed by atoms with Gasteiger partial charge in [-0.1, -0.05) is 73.8 Å². The summed E-state index contributed by atoms with van der Waals surface area (Å²) in [5, 5.41) is 3.23. The van der Waals surface area contributed by atoms with E-state index in [1.54, 1.807) is 32.0 Å². The van der Waals surface area contributed by atoms with Gasteiger partial charge in [0.25, 0.3) is 10.0 Å². The van der Waals surface area contributed by atoms with Gasteiger partial charge >= 0.3 is 6.18 Å². The summed E-state index contributed by atoms with van der Waals surface area (Å²) in [4.78, 5) is 28.4. The molecular formula is C31H34Cl2F3N3O4S. The number of sulfonamides is 1. The Bertz CT molecular complexity index is 1560. The van der Waals surface area contributed by atoms with Gasteiger partial charge in [-0.05, 0) is 61.7 Å². The Morgan fingerprint density at radius 3 is 2.09 bits per heavy atom. The molecule has 0 aliphatic heterocycles. The number of aryl methyl sites for hydroxylation is 1. The fourth-order valence-electron chi connectivity index (χ4n) is 4.40. The van der Waals surface area contributed by atoms with E-state index >= 15 is 0 Å². The average Bonchev–Trinajstić information content (AvgIpc) is 2.95. The number of nitrogens with zero attached hydrogens (tertiary/aromatic N) is 2. The molecule has 238 valence electrons. The molecule has 0 aromatic heterocycles. The molecular weight excluding hydrogens is 638 g/mol. The van der Waals surface area contributed by atoms with Gasteiger partial charge < -0.3 is 10.2 Å². The number of nitrogens with one attached hydrogen (secondary N) is 1. The fraction of sp³-hybridized carbons (Fsp3) is 0.355. The van der Waals surface area contributed by atoms with Crippen LogP contribution < -0.4 is 9.62 Å². The Balaban J connectivity index is 2.15. The lowest BCUT2D eigenvalue weighted by molar-refractivity contribution is -0.140. The Hall–Kier alpha value is -3.28. The third-order valence-electron chi connectivity index (χ3n) is 6.81. The highest BCUT2D eigenvalue weighted by Gasteiger charge is 2.36. The van der Waals surface area contributed by atoms with Crippen molar-refractivity contribution in [3.63, 3.8) is 0 Å². The monoisotopic (exact) mass is 671 g/mol. The number of hydrogen-bond donors (Lipinski definition) is 1. The summed E-state index contributed by atoms with van der Waals surface area (Å²) in [6, 6.07) is 13.1. The quantitative estimate of drug-likeness (QED) is 0.223. The van der Waals surface area contributed by atoms with Crippen molar-refractivity contribution in [2.24, 2.45) is 5.92 Å². The van der Waals surface area contributed by atoms with E-state index < -0.39 is 46.2 Å². The molecule has 0 bridgehead atoms. The first-order valence-corrected chi connectivity index (χ1v) is 16.0. The first kappa shape index (κ1) is 35.2. The molecule has 0 aliphatic carbocycles. The topological polar surface area (TPSA) is 86.8 Å².